The first-order valence-electron chi connectivity index (χ1n) is 5.58. The second kappa shape index (κ2) is 5.12. The predicted molar refractivity (Wildman–Crippen MR) is 74.4 cm³/mol. The monoisotopic (exact) mass is 282 g/mol. The Morgan fingerprint density at radius 3 is 2.61 bits per heavy atom. The van der Waals surface area contributed by atoms with Crippen LogP contribution >= 0.6 is 23.2 Å². The standard InChI is InChI=1S/C13H12Cl2N2O/c1-3-11-16-12(7(2)13(18)17-11)8-4-5-9(14)10(15)6-8/h4-6H,3H2,1-2H3,(H,16,17,18). The van der Waals surface area contributed by atoms with Crippen molar-refractivity contribution in [2.75, 3.05) is 0 Å². The molecule has 0 spiro atoms. The zero-order chi connectivity index (χ0) is 13.3. The van der Waals surface area contributed by atoms with E-state index in [-0.39, 0.29) is 5.56 Å². The van der Waals surface area contributed by atoms with Gasteiger partial charge in [0.25, 0.3) is 5.56 Å². The quantitative estimate of drug-likeness (QED) is 0.915. The molecule has 0 fully saturated rings. The lowest BCUT2D eigenvalue weighted by Crippen LogP contribution is -2.15. The molecule has 1 aromatic heterocycles. The highest BCUT2D eigenvalue weighted by Crippen LogP contribution is 2.28. The van der Waals surface area contributed by atoms with Crippen molar-refractivity contribution in [2.24, 2.45) is 0 Å². The van der Waals surface area contributed by atoms with Crippen LogP contribution in [0.4, 0.5) is 0 Å². The molecule has 0 bridgehead atoms. The van der Waals surface area contributed by atoms with Crippen LogP contribution in [0.1, 0.15) is 18.3 Å². The first-order valence-corrected chi connectivity index (χ1v) is 6.33. The van der Waals surface area contributed by atoms with E-state index >= 15 is 0 Å². The Labute approximate surface area is 115 Å². The minimum absolute atomic E-state index is 0.122. The van der Waals surface area contributed by atoms with Gasteiger partial charge in [0.1, 0.15) is 5.82 Å². The van der Waals surface area contributed by atoms with E-state index < -0.39 is 0 Å². The molecular formula is C13H12Cl2N2O. The van der Waals surface area contributed by atoms with Crippen LogP contribution < -0.4 is 5.56 Å². The number of nitrogens with zero attached hydrogens (tertiary/aromatic N) is 1. The topological polar surface area (TPSA) is 45.8 Å². The Kier molecular flexibility index (Phi) is 3.73. The molecule has 3 nitrogen and oxygen atoms in total. The van der Waals surface area contributed by atoms with Crippen molar-refractivity contribution in [3.63, 3.8) is 0 Å². The van der Waals surface area contributed by atoms with Crippen molar-refractivity contribution in [3.8, 4) is 11.3 Å². The smallest absolute Gasteiger partial charge is 0.254 e. The summed E-state index contributed by atoms with van der Waals surface area (Å²) >= 11 is 11.9. The Morgan fingerprint density at radius 1 is 1.28 bits per heavy atom. The van der Waals surface area contributed by atoms with E-state index in [1.807, 2.05) is 13.0 Å². The largest absolute Gasteiger partial charge is 0.310 e. The number of hydrogen-bond donors (Lipinski definition) is 1. The second-order valence-corrected chi connectivity index (χ2v) is 4.78. The molecule has 0 saturated carbocycles. The van der Waals surface area contributed by atoms with Gasteiger partial charge in [0.05, 0.1) is 15.7 Å². The highest BCUT2D eigenvalue weighted by Gasteiger charge is 2.10. The number of nitrogens with one attached hydrogen (secondary N) is 1. The maximum absolute atomic E-state index is 11.8. The predicted octanol–water partition coefficient (Wildman–Crippen LogP) is 3.61. The van der Waals surface area contributed by atoms with Gasteiger partial charge >= 0.3 is 0 Å². The van der Waals surface area contributed by atoms with Crippen molar-refractivity contribution < 1.29 is 0 Å². The van der Waals surface area contributed by atoms with Crippen LogP contribution in [0.3, 0.4) is 0 Å². The van der Waals surface area contributed by atoms with Gasteiger partial charge in [-0.15, -0.1) is 0 Å². The van der Waals surface area contributed by atoms with Gasteiger partial charge in [0.15, 0.2) is 0 Å². The summed E-state index contributed by atoms with van der Waals surface area (Å²) < 4.78 is 0. The number of aromatic nitrogens is 2. The molecule has 1 aromatic carbocycles. The number of benzene rings is 1. The van der Waals surface area contributed by atoms with Crippen LogP contribution in [0.25, 0.3) is 11.3 Å². The summed E-state index contributed by atoms with van der Waals surface area (Å²) in [6.07, 6.45) is 0.670. The lowest BCUT2D eigenvalue weighted by atomic mass is 10.1. The molecule has 0 radical (unpaired) electrons. The number of aromatic amines is 1. The van der Waals surface area contributed by atoms with Crippen LogP contribution in [0.2, 0.25) is 10.0 Å². The molecule has 94 valence electrons. The van der Waals surface area contributed by atoms with Crippen LogP contribution in [0.5, 0.6) is 0 Å². The zero-order valence-electron chi connectivity index (χ0n) is 10.1. The Balaban J connectivity index is 2.66. The molecule has 0 aliphatic rings. The normalized spacial score (nSPS) is 10.7. The number of H-pyrrole nitrogens is 1. The molecule has 0 saturated heterocycles. The van der Waals surface area contributed by atoms with Gasteiger partial charge in [-0.1, -0.05) is 36.2 Å². The van der Waals surface area contributed by atoms with Crippen LogP contribution in [0, 0.1) is 6.92 Å². The van der Waals surface area contributed by atoms with E-state index in [0.717, 1.165) is 5.56 Å². The zero-order valence-corrected chi connectivity index (χ0v) is 11.6. The van der Waals surface area contributed by atoms with E-state index in [1.165, 1.54) is 0 Å². The molecule has 5 heteroatoms. The molecule has 2 rings (SSSR count). The molecule has 0 amide bonds. The number of aryl methyl sites for hydroxylation is 1. The summed E-state index contributed by atoms with van der Waals surface area (Å²) in [5.41, 5.74) is 1.89. The van der Waals surface area contributed by atoms with Crippen molar-refractivity contribution in [1.29, 1.82) is 0 Å². The highest BCUT2D eigenvalue weighted by atomic mass is 35.5. The van der Waals surface area contributed by atoms with E-state index in [0.29, 0.717) is 33.5 Å². The molecule has 18 heavy (non-hydrogen) atoms. The van der Waals surface area contributed by atoms with Crippen molar-refractivity contribution >= 4 is 23.2 Å². The van der Waals surface area contributed by atoms with Gasteiger partial charge in [-0.05, 0) is 19.1 Å². The minimum atomic E-state index is -0.122. The third kappa shape index (κ3) is 2.42. The lowest BCUT2D eigenvalue weighted by Gasteiger charge is -2.07. The van der Waals surface area contributed by atoms with E-state index in [1.54, 1.807) is 19.1 Å². The molecule has 1 heterocycles. The SMILES string of the molecule is CCc1nc(-c2ccc(Cl)c(Cl)c2)c(C)c(=O)[nH]1. The summed E-state index contributed by atoms with van der Waals surface area (Å²) in [4.78, 5) is 19.0. The molecule has 0 aliphatic carbocycles. The van der Waals surface area contributed by atoms with E-state index in [9.17, 15) is 4.79 Å². The van der Waals surface area contributed by atoms with Crippen LogP contribution in [-0.4, -0.2) is 9.97 Å². The third-order valence-electron chi connectivity index (χ3n) is 2.73. The average molecular weight is 283 g/mol. The summed E-state index contributed by atoms with van der Waals surface area (Å²) in [6.45, 7) is 3.68. The van der Waals surface area contributed by atoms with Crippen molar-refractivity contribution in [2.45, 2.75) is 20.3 Å². The fourth-order valence-corrected chi connectivity index (χ4v) is 1.97. The van der Waals surface area contributed by atoms with Gasteiger partial charge in [0.2, 0.25) is 0 Å². The Hall–Kier alpha value is -1.32. The summed E-state index contributed by atoms with van der Waals surface area (Å²) in [5, 5.41) is 0.937. The molecule has 1 N–H and O–H groups in total. The molecule has 2 aromatic rings. The Morgan fingerprint density at radius 2 is 2.00 bits per heavy atom. The first-order chi connectivity index (χ1) is 8.52. The fourth-order valence-electron chi connectivity index (χ4n) is 1.67. The van der Waals surface area contributed by atoms with Crippen LogP contribution in [-0.2, 0) is 6.42 Å². The van der Waals surface area contributed by atoms with Gasteiger partial charge in [0, 0.05) is 17.5 Å². The summed E-state index contributed by atoms with van der Waals surface area (Å²) in [6, 6.07) is 5.23. The van der Waals surface area contributed by atoms with Crippen LogP contribution in [0.15, 0.2) is 23.0 Å². The second-order valence-electron chi connectivity index (χ2n) is 3.97. The molecule has 0 atom stereocenters. The van der Waals surface area contributed by atoms with Gasteiger partial charge in [-0.3, -0.25) is 4.79 Å². The maximum atomic E-state index is 11.8. The maximum Gasteiger partial charge on any atom is 0.254 e. The minimum Gasteiger partial charge on any atom is -0.310 e. The average Bonchev–Trinajstić information content (AvgIpc) is 2.36. The molecule has 0 aliphatic heterocycles. The van der Waals surface area contributed by atoms with Gasteiger partial charge < -0.3 is 4.98 Å². The molecular weight excluding hydrogens is 271 g/mol. The lowest BCUT2D eigenvalue weighted by molar-refractivity contribution is 0.912. The van der Waals surface area contributed by atoms with Gasteiger partial charge in [-0.2, -0.15) is 0 Å². The summed E-state index contributed by atoms with van der Waals surface area (Å²) in [5.74, 6) is 0.659. The highest BCUT2D eigenvalue weighted by molar-refractivity contribution is 6.42. The number of rotatable bonds is 2. The fraction of sp³-hybridized carbons (Fsp3) is 0.231. The Bertz CT molecular complexity index is 650. The van der Waals surface area contributed by atoms with E-state index in [2.05, 4.69) is 9.97 Å². The van der Waals surface area contributed by atoms with Gasteiger partial charge in [-0.25, -0.2) is 4.98 Å². The third-order valence-corrected chi connectivity index (χ3v) is 3.47. The van der Waals surface area contributed by atoms with Crippen molar-refractivity contribution in [1.82, 2.24) is 9.97 Å². The van der Waals surface area contributed by atoms with E-state index in [4.69, 9.17) is 23.2 Å². The number of halogens is 2. The molecule has 0 unspecified atom stereocenters. The summed E-state index contributed by atoms with van der Waals surface area (Å²) in [7, 11) is 0. The van der Waals surface area contributed by atoms with Crippen molar-refractivity contribution in [3.05, 3.63) is 50.0 Å². The first kappa shape index (κ1) is 13.1. The number of hydrogen-bond acceptors (Lipinski definition) is 2.